The third kappa shape index (κ3) is 3.86. The van der Waals surface area contributed by atoms with Crippen molar-refractivity contribution in [1.29, 1.82) is 0 Å². The normalized spacial score (nSPS) is 15.6. The summed E-state index contributed by atoms with van der Waals surface area (Å²) < 4.78 is 5.57. The topological polar surface area (TPSA) is 131 Å². The molecule has 0 atom stereocenters. The van der Waals surface area contributed by atoms with Gasteiger partial charge in [-0.1, -0.05) is 11.6 Å². The Morgan fingerprint density at radius 3 is 2.70 bits per heavy atom. The molecule has 9 nitrogen and oxygen atoms in total. The number of benzene rings is 1. The molecule has 11 heteroatoms. The molecule has 1 aromatic carbocycles. The van der Waals surface area contributed by atoms with E-state index in [1.165, 1.54) is 30.3 Å². The first kappa shape index (κ1) is 18.7. The highest BCUT2D eigenvalue weighted by atomic mass is 35.5. The smallest absolute Gasteiger partial charge is 0.323 e. The monoisotopic (exact) mass is 408 g/mol. The quantitative estimate of drug-likeness (QED) is 0.450. The molecule has 2 aromatic rings. The molecule has 0 aliphatic carbocycles. The Morgan fingerprint density at radius 1 is 1.33 bits per heavy atom. The number of amides is 2. The summed E-state index contributed by atoms with van der Waals surface area (Å²) in [5.74, 6) is -1.48. The van der Waals surface area contributed by atoms with Gasteiger partial charge in [0.15, 0.2) is 0 Å². The van der Waals surface area contributed by atoms with Crippen LogP contribution in [0.5, 0.6) is 0 Å². The maximum absolute atomic E-state index is 12.1. The average molecular weight is 409 g/mol. The number of nitrogens with zero attached hydrogens (tertiary/aromatic N) is 2. The minimum atomic E-state index is -1.30. The van der Waals surface area contributed by atoms with Crippen LogP contribution in [0.1, 0.15) is 5.76 Å². The molecule has 3 rings (SSSR count). The number of hydrogen-bond donors (Lipinski definition) is 1. The van der Waals surface area contributed by atoms with E-state index in [1.54, 1.807) is 6.07 Å². The number of rotatable bonds is 5. The van der Waals surface area contributed by atoms with Crippen molar-refractivity contribution in [1.82, 2.24) is 4.90 Å². The molecule has 1 aliphatic rings. The Labute approximate surface area is 160 Å². The summed E-state index contributed by atoms with van der Waals surface area (Å²) in [5, 5.41) is 18.9. The first-order valence-electron chi connectivity index (χ1n) is 7.27. The molecule has 2 amide bonds. The number of aliphatic carboxylic acids is 1. The van der Waals surface area contributed by atoms with Crippen LogP contribution in [-0.2, 0) is 9.59 Å². The standard InChI is InChI=1S/C16H9ClN2O7S/c17-11-5-8(19(24)25)1-3-10(11)12-4-2-9(26-12)6-13-15(22)18(7-14(20)21)16(23)27-13/h1-6H,7H2,(H,20,21)/b13-6+. The van der Waals surface area contributed by atoms with E-state index < -0.39 is 28.6 Å². The Morgan fingerprint density at radius 2 is 2.07 bits per heavy atom. The van der Waals surface area contributed by atoms with Crippen LogP contribution in [0, 0.1) is 10.1 Å². The summed E-state index contributed by atoms with van der Waals surface area (Å²) in [4.78, 5) is 45.4. The third-order valence-electron chi connectivity index (χ3n) is 3.50. The zero-order chi connectivity index (χ0) is 19.7. The average Bonchev–Trinajstić information content (AvgIpc) is 3.15. The van der Waals surface area contributed by atoms with Crippen molar-refractivity contribution in [3.8, 4) is 11.3 Å². The number of hydrogen-bond acceptors (Lipinski definition) is 7. The fraction of sp³-hybridized carbons (Fsp3) is 0.0625. The first-order chi connectivity index (χ1) is 12.8. The summed E-state index contributed by atoms with van der Waals surface area (Å²) in [6.07, 6.45) is 1.32. The van der Waals surface area contributed by atoms with Gasteiger partial charge < -0.3 is 9.52 Å². The number of nitro benzene ring substituents is 1. The van der Waals surface area contributed by atoms with Crippen molar-refractivity contribution in [2.75, 3.05) is 6.54 Å². The van der Waals surface area contributed by atoms with E-state index in [4.69, 9.17) is 21.1 Å². The van der Waals surface area contributed by atoms with Gasteiger partial charge in [0.25, 0.3) is 16.8 Å². The van der Waals surface area contributed by atoms with Crippen LogP contribution in [0.3, 0.4) is 0 Å². The van der Waals surface area contributed by atoms with Gasteiger partial charge in [0.2, 0.25) is 0 Å². The number of carbonyl (C=O) groups is 3. The van der Waals surface area contributed by atoms with Gasteiger partial charge in [-0.15, -0.1) is 0 Å². The zero-order valence-corrected chi connectivity index (χ0v) is 14.8. The zero-order valence-electron chi connectivity index (χ0n) is 13.2. The summed E-state index contributed by atoms with van der Waals surface area (Å²) in [7, 11) is 0. The fourth-order valence-electron chi connectivity index (χ4n) is 2.29. The van der Waals surface area contributed by atoms with Crippen LogP contribution in [0.25, 0.3) is 17.4 Å². The maximum Gasteiger partial charge on any atom is 0.323 e. The van der Waals surface area contributed by atoms with Crippen LogP contribution in [0.15, 0.2) is 39.7 Å². The van der Waals surface area contributed by atoms with E-state index in [2.05, 4.69) is 0 Å². The summed E-state index contributed by atoms with van der Waals surface area (Å²) >= 11 is 6.66. The van der Waals surface area contributed by atoms with Crippen molar-refractivity contribution in [3.05, 3.63) is 56.1 Å². The van der Waals surface area contributed by atoms with Gasteiger partial charge in [-0.05, 0) is 30.0 Å². The van der Waals surface area contributed by atoms with Crippen LogP contribution >= 0.6 is 23.4 Å². The van der Waals surface area contributed by atoms with Crippen LogP contribution in [0.4, 0.5) is 10.5 Å². The minimum Gasteiger partial charge on any atom is -0.480 e. The Bertz CT molecular complexity index is 1010. The third-order valence-corrected chi connectivity index (χ3v) is 4.72. The second kappa shape index (κ2) is 7.25. The number of nitro groups is 1. The Hall–Kier alpha value is -3.11. The number of carboxylic acid groups (broad SMARTS) is 1. The van der Waals surface area contributed by atoms with Gasteiger partial charge in [-0.3, -0.25) is 29.4 Å². The van der Waals surface area contributed by atoms with E-state index in [9.17, 15) is 24.5 Å². The molecular weight excluding hydrogens is 400 g/mol. The lowest BCUT2D eigenvalue weighted by atomic mass is 10.1. The summed E-state index contributed by atoms with van der Waals surface area (Å²) in [6.45, 7) is -0.718. The van der Waals surface area contributed by atoms with Gasteiger partial charge in [0.05, 0.1) is 14.9 Å². The highest BCUT2D eigenvalue weighted by Gasteiger charge is 2.36. The van der Waals surface area contributed by atoms with Crippen LogP contribution < -0.4 is 0 Å². The van der Waals surface area contributed by atoms with E-state index >= 15 is 0 Å². The lowest BCUT2D eigenvalue weighted by Gasteiger charge is -2.07. The van der Waals surface area contributed by atoms with Gasteiger partial charge in [-0.2, -0.15) is 0 Å². The number of imide groups is 1. The minimum absolute atomic E-state index is 0.0250. The van der Waals surface area contributed by atoms with Gasteiger partial charge in [-0.25, -0.2) is 0 Å². The highest BCUT2D eigenvalue weighted by molar-refractivity contribution is 8.18. The largest absolute Gasteiger partial charge is 0.480 e. The SMILES string of the molecule is O=C(O)CN1C(=O)S/C(=C/c2ccc(-c3ccc([N+](=O)[O-])cc3Cl)o2)C1=O. The molecule has 1 saturated heterocycles. The first-order valence-corrected chi connectivity index (χ1v) is 8.47. The predicted molar refractivity (Wildman–Crippen MR) is 96.1 cm³/mol. The molecule has 0 bridgehead atoms. The predicted octanol–water partition coefficient (Wildman–Crippen LogP) is 3.63. The van der Waals surface area contributed by atoms with Gasteiger partial charge in [0.1, 0.15) is 18.1 Å². The molecule has 0 radical (unpaired) electrons. The lowest BCUT2D eigenvalue weighted by molar-refractivity contribution is -0.384. The molecule has 1 fully saturated rings. The summed E-state index contributed by atoms with van der Waals surface area (Å²) in [6, 6.07) is 6.99. The van der Waals surface area contributed by atoms with Gasteiger partial charge in [0, 0.05) is 23.8 Å². The highest BCUT2D eigenvalue weighted by Crippen LogP contribution is 2.35. The van der Waals surface area contributed by atoms with E-state index in [0.29, 0.717) is 28.0 Å². The molecule has 2 heterocycles. The lowest BCUT2D eigenvalue weighted by Crippen LogP contribution is -2.33. The second-order valence-electron chi connectivity index (χ2n) is 5.28. The van der Waals surface area contributed by atoms with Crippen molar-refractivity contribution in [2.24, 2.45) is 0 Å². The number of thioether (sulfide) groups is 1. The molecular formula is C16H9ClN2O7S. The number of furan rings is 1. The van der Waals surface area contributed by atoms with Crippen molar-refractivity contribution in [2.45, 2.75) is 0 Å². The molecule has 0 unspecified atom stereocenters. The molecule has 1 aromatic heterocycles. The number of halogens is 1. The fourth-order valence-corrected chi connectivity index (χ4v) is 3.38. The Balaban J connectivity index is 1.86. The van der Waals surface area contributed by atoms with Crippen LogP contribution in [-0.4, -0.2) is 38.6 Å². The van der Waals surface area contributed by atoms with Crippen LogP contribution in [0.2, 0.25) is 5.02 Å². The molecule has 27 heavy (non-hydrogen) atoms. The number of non-ortho nitro benzene ring substituents is 1. The maximum atomic E-state index is 12.1. The molecule has 1 aliphatic heterocycles. The second-order valence-corrected chi connectivity index (χ2v) is 6.69. The Kier molecular flexibility index (Phi) is 5.02. The van der Waals surface area contributed by atoms with Crippen molar-refractivity contribution in [3.63, 3.8) is 0 Å². The van der Waals surface area contributed by atoms with Crippen molar-refractivity contribution >= 4 is 52.2 Å². The van der Waals surface area contributed by atoms with E-state index in [1.807, 2.05) is 0 Å². The number of carbonyl (C=O) groups excluding carboxylic acids is 2. The molecule has 138 valence electrons. The molecule has 0 saturated carbocycles. The summed E-state index contributed by atoms with van der Waals surface area (Å²) in [5.41, 5.74) is 0.253. The molecule has 1 N–H and O–H groups in total. The van der Waals surface area contributed by atoms with Crippen molar-refractivity contribution < 1.29 is 28.8 Å². The van der Waals surface area contributed by atoms with E-state index in [0.717, 1.165) is 0 Å². The molecule has 0 spiro atoms. The van der Waals surface area contributed by atoms with Gasteiger partial charge >= 0.3 is 5.97 Å². The number of carboxylic acids is 1. The van der Waals surface area contributed by atoms with E-state index in [-0.39, 0.29) is 21.4 Å².